The molecule has 0 saturated carbocycles. The van der Waals surface area contributed by atoms with Crippen LogP contribution in [0.3, 0.4) is 0 Å². The van der Waals surface area contributed by atoms with Gasteiger partial charge in [-0.1, -0.05) is 54.6 Å². The number of rotatable bonds is 6. The van der Waals surface area contributed by atoms with Crippen LogP contribution in [0.25, 0.3) is 11.1 Å². The normalized spacial score (nSPS) is 10.3. The minimum Gasteiger partial charge on any atom is -0.370 e. The van der Waals surface area contributed by atoms with Crippen molar-refractivity contribution in [1.82, 2.24) is 0 Å². The lowest BCUT2D eigenvalue weighted by molar-refractivity contribution is -0.118. The molecule has 0 aromatic heterocycles. The second-order valence-electron chi connectivity index (χ2n) is 4.70. The van der Waals surface area contributed by atoms with Gasteiger partial charge in [0.05, 0.1) is 0 Å². The van der Waals surface area contributed by atoms with Gasteiger partial charge in [0.25, 0.3) is 0 Å². The highest BCUT2D eigenvalue weighted by Gasteiger charge is 2.04. The minimum absolute atomic E-state index is 0.212. The first-order valence-corrected chi connectivity index (χ1v) is 6.69. The lowest BCUT2D eigenvalue weighted by Gasteiger charge is -2.09. The molecule has 2 rings (SSSR count). The summed E-state index contributed by atoms with van der Waals surface area (Å²) >= 11 is 0. The van der Waals surface area contributed by atoms with Gasteiger partial charge in [0.1, 0.15) is 0 Å². The molecule has 2 nitrogen and oxygen atoms in total. The third-order valence-corrected chi connectivity index (χ3v) is 3.22. The molecule has 0 bridgehead atoms. The van der Waals surface area contributed by atoms with Gasteiger partial charge in [0, 0.05) is 6.42 Å². The quantitative estimate of drug-likeness (QED) is 0.786. The van der Waals surface area contributed by atoms with Crippen LogP contribution in [0, 0.1) is 0 Å². The number of primary amides is 1. The van der Waals surface area contributed by atoms with Crippen molar-refractivity contribution in [3.05, 3.63) is 60.2 Å². The molecule has 0 heterocycles. The van der Waals surface area contributed by atoms with Gasteiger partial charge in [-0.3, -0.25) is 4.79 Å². The van der Waals surface area contributed by atoms with Crippen molar-refractivity contribution < 1.29 is 4.79 Å². The number of carbonyl (C=O) groups excluding carboxylic acids is 1. The molecular formula is C17H19NO. The zero-order valence-corrected chi connectivity index (χ0v) is 11.0. The standard InChI is InChI=1S/C17H19NO/c18-17(19)13-7-5-11-15-10-4-6-12-16(15)14-8-2-1-3-9-14/h1-4,6,8-10,12H,5,7,11,13H2,(H2,18,19). The molecule has 0 aliphatic heterocycles. The van der Waals surface area contributed by atoms with E-state index in [0.717, 1.165) is 19.3 Å². The summed E-state index contributed by atoms with van der Waals surface area (Å²) in [6.07, 6.45) is 3.32. The zero-order chi connectivity index (χ0) is 13.5. The lowest BCUT2D eigenvalue weighted by Crippen LogP contribution is -2.09. The summed E-state index contributed by atoms with van der Waals surface area (Å²) in [5.41, 5.74) is 9.01. The molecule has 98 valence electrons. The second kappa shape index (κ2) is 6.74. The van der Waals surface area contributed by atoms with E-state index in [2.05, 4.69) is 48.5 Å². The summed E-state index contributed by atoms with van der Waals surface area (Å²) in [5, 5.41) is 0. The monoisotopic (exact) mass is 253 g/mol. The van der Waals surface area contributed by atoms with Crippen molar-refractivity contribution in [3.8, 4) is 11.1 Å². The second-order valence-corrected chi connectivity index (χ2v) is 4.70. The van der Waals surface area contributed by atoms with E-state index in [4.69, 9.17) is 5.73 Å². The summed E-state index contributed by atoms with van der Waals surface area (Å²) in [6, 6.07) is 18.8. The number of hydrogen-bond donors (Lipinski definition) is 1. The highest BCUT2D eigenvalue weighted by Crippen LogP contribution is 2.24. The maximum absolute atomic E-state index is 10.7. The van der Waals surface area contributed by atoms with Gasteiger partial charge in [-0.05, 0) is 36.0 Å². The third-order valence-electron chi connectivity index (χ3n) is 3.22. The number of amides is 1. The Balaban J connectivity index is 2.07. The Kier molecular flexibility index (Phi) is 4.73. The van der Waals surface area contributed by atoms with Crippen molar-refractivity contribution >= 4 is 5.91 Å². The van der Waals surface area contributed by atoms with Crippen LogP contribution >= 0.6 is 0 Å². The van der Waals surface area contributed by atoms with E-state index < -0.39 is 0 Å². The van der Waals surface area contributed by atoms with Gasteiger partial charge in [0.15, 0.2) is 0 Å². The van der Waals surface area contributed by atoms with Crippen LogP contribution < -0.4 is 5.73 Å². The number of aryl methyl sites for hydroxylation is 1. The highest BCUT2D eigenvalue weighted by molar-refractivity contribution is 5.73. The summed E-state index contributed by atoms with van der Waals surface area (Å²) in [6.45, 7) is 0. The fourth-order valence-electron chi connectivity index (χ4n) is 2.25. The van der Waals surface area contributed by atoms with Gasteiger partial charge in [-0.2, -0.15) is 0 Å². The molecule has 0 atom stereocenters. The molecule has 0 radical (unpaired) electrons. The van der Waals surface area contributed by atoms with Crippen LogP contribution in [0.1, 0.15) is 24.8 Å². The molecule has 0 fully saturated rings. The topological polar surface area (TPSA) is 43.1 Å². The molecule has 1 amide bonds. The maximum Gasteiger partial charge on any atom is 0.217 e. The van der Waals surface area contributed by atoms with E-state index >= 15 is 0 Å². The number of carbonyl (C=O) groups is 1. The Morgan fingerprint density at radius 3 is 2.32 bits per heavy atom. The summed E-state index contributed by atoms with van der Waals surface area (Å²) < 4.78 is 0. The van der Waals surface area contributed by atoms with E-state index in [1.54, 1.807) is 0 Å². The first-order valence-electron chi connectivity index (χ1n) is 6.69. The van der Waals surface area contributed by atoms with Crippen LogP contribution in [-0.2, 0) is 11.2 Å². The third kappa shape index (κ3) is 3.95. The first-order chi connectivity index (χ1) is 9.27. The average Bonchev–Trinajstić information content (AvgIpc) is 2.45. The van der Waals surface area contributed by atoms with E-state index in [1.807, 2.05) is 6.07 Å². The number of unbranched alkanes of at least 4 members (excludes halogenated alkanes) is 1. The SMILES string of the molecule is NC(=O)CCCCc1ccccc1-c1ccccc1. The molecule has 0 spiro atoms. The molecule has 2 aromatic carbocycles. The molecule has 19 heavy (non-hydrogen) atoms. The van der Waals surface area contributed by atoms with Gasteiger partial charge in [0.2, 0.25) is 5.91 Å². The Morgan fingerprint density at radius 1 is 0.895 bits per heavy atom. The van der Waals surface area contributed by atoms with Crippen LogP contribution in [0.5, 0.6) is 0 Å². The van der Waals surface area contributed by atoms with Crippen molar-refractivity contribution in [2.75, 3.05) is 0 Å². The van der Waals surface area contributed by atoms with Crippen LogP contribution in [0.15, 0.2) is 54.6 Å². The van der Waals surface area contributed by atoms with Crippen molar-refractivity contribution in [2.24, 2.45) is 5.73 Å². The van der Waals surface area contributed by atoms with E-state index in [0.29, 0.717) is 6.42 Å². The summed E-state index contributed by atoms with van der Waals surface area (Å²) in [4.78, 5) is 10.7. The Morgan fingerprint density at radius 2 is 1.58 bits per heavy atom. The van der Waals surface area contributed by atoms with Crippen LogP contribution in [0.4, 0.5) is 0 Å². The van der Waals surface area contributed by atoms with Gasteiger partial charge >= 0.3 is 0 Å². The maximum atomic E-state index is 10.7. The molecule has 0 aliphatic rings. The van der Waals surface area contributed by atoms with Crippen LogP contribution in [0.2, 0.25) is 0 Å². The van der Waals surface area contributed by atoms with Gasteiger partial charge < -0.3 is 5.73 Å². The predicted octanol–water partition coefficient (Wildman–Crippen LogP) is 3.55. The van der Waals surface area contributed by atoms with E-state index in [9.17, 15) is 4.79 Å². The largest absolute Gasteiger partial charge is 0.370 e. The lowest BCUT2D eigenvalue weighted by atomic mass is 9.96. The van der Waals surface area contributed by atoms with E-state index in [1.165, 1.54) is 16.7 Å². The molecule has 2 aromatic rings. The highest BCUT2D eigenvalue weighted by atomic mass is 16.1. The molecule has 2 N–H and O–H groups in total. The molecular weight excluding hydrogens is 234 g/mol. The fraction of sp³-hybridized carbons (Fsp3) is 0.235. The van der Waals surface area contributed by atoms with Gasteiger partial charge in [-0.15, -0.1) is 0 Å². The average molecular weight is 253 g/mol. The first kappa shape index (κ1) is 13.3. The zero-order valence-electron chi connectivity index (χ0n) is 11.0. The Bertz CT molecular complexity index is 534. The Hall–Kier alpha value is -2.09. The smallest absolute Gasteiger partial charge is 0.217 e. The van der Waals surface area contributed by atoms with Crippen molar-refractivity contribution in [1.29, 1.82) is 0 Å². The van der Waals surface area contributed by atoms with E-state index in [-0.39, 0.29) is 5.91 Å². The van der Waals surface area contributed by atoms with Crippen LogP contribution in [-0.4, -0.2) is 5.91 Å². The molecule has 0 aliphatic carbocycles. The van der Waals surface area contributed by atoms with Crippen molar-refractivity contribution in [2.45, 2.75) is 25.7 Å². The number of benzene rings is 2. The minimum atomic E-state index is -0.212. The predicted molar refractivity (Wildman–Crippen MR) is 78.6 cm³/mol. The fourth-order valence-corrected chi connectivity index (χ4v) is 2.25. The molecule has 2 heteroatoms. The van der Waals surface area contributed by atoms with Gasteiger partial charge in [-0.25, -0.2) is 0 Å². The van der Waals surface area contributed by atoms with Crippen molar-refractivity contribution in [3.63, 3.8) is 0 Å². The Labute approximate surface area is 114 Å². The molecule has 0 saturated heterocycles. The number of hydrogen-bond acceptors (Lipinski definition) is 1. The molecule has 0 unspecified atom stereocenters. The summed E-state index contributed by atoms with van der Waals surface area (Å²) in [5.74, 6) is -0.212. The number of nitrogens with two attached hydrogens (primary N) is 1. The summed E-state index contributed by atoms with van der Waals surface area (Å²) in [7, 11) is 0.